The molecule has 2 N–H and O–H groups in total. The first-order chi connectivity index (χ1) is 10.0. The quantitative estimate of drug-likeness (QED) is 0.908. The first-order valence-electron chi connectivity index (χ1n) is 7.37. The largest absolute Gasteiger partial charge is 0.493 e. The predicted octanol–water partition coefficient (Wildman–Crippen LogP) is 2.94. The SMILES string of the molecule is COc1ccc(C(CN)N2CC(C)C(C)C2)c(Cl)c1OC. The molecular weight excluding hydrogens is 288 g/mol. The summed E-state index contributed by atoms with van der Waals surface area (Å²) in [5.74, 6) is 2.58. The zero-order chi connectivity index (χ0) is 15.6. The van der Waals surface area contributed by atoms with Crippen LogP contribution in [-0.4, -0.2) is 38.8 Å². The van der Waals surface area contributed by atoms with Gasteiger partial charge in [-0.2, -0.15) is 0 Å². The van der Waals surface area contributed by atoms with Crippen LogP contribution in [-0.2, 0) is 0 Å². The zero-order valence-electron chi connectivity index (χ0n) is 13.2. The van der Waals surface area contributed by atoms with Crippen molar-refractivity contribution in [3.63, 3.8) is 0 Å². The van der Waals surface area contributed by atoms with Crippen molar-refractivity contribution in [2.24, 2.45) is 17.6 Å². The molecule has 3 atom stereocenters. The van der Waals surface area contributed by atoms with Gasteiger partial charge in [-0.25, -0.2) is 0 Å². The van der Waals surface area contributed by atoms with Crippen LogP contribution >= 0.6 is 11.6 Å². The van der Waals surface area contributed by atoms with Gasteiger partial charge in [0.15, 0.2) is 11.5 Å². The van der Waals surface area contributed by atoms with E-state index >= 15 is 0 Å². The molecule has 0 aromatic heterocycles. The minimum atomic E-state index is 0.115. The summed E-state index contributed by atoms with van der Waals surface area (Å²) in [4.78, 5) is 2.42. The van der Waals surface area contributed by atoms with Crippen LogP contribution < -0.4 is 15.2 Å². The number of rotatable bonds is 5. The van der Waals surface area contributed by atoms with Gasteiger partial charge < -0.3 is 15.2 Å². The van der Waals surface area contributed by atoms with E-state index in [0.717, 1.165) is 18.7 Å². The van der Waals surface area contributed by atoms with Crippen LogP contribution in [0.1, 0.15) is 25.5 Å². The smallest absolute Gasteiger partial charge is 0.179 e. The van der Waals surface area contributed by atoms with Gasteiger partial charge in [-0.05, 0) is 23.5 Å². The van der Waals surface area contributed by atoms with Crippen molar-refractivity contribution < 1.29 is 9.47 Å². The van der Waals surface area contributed by atoms with Gasteiger partial charge in [-0.15, -0.1) is 0 Å². The maximum atomic E-state index is 6.53. The number of methoxy groups -OCH3 is 2. The van der Waals surface area contributed by atoms with Crippen LogP contribution in [0.2, 0.25) is 5.02 Å². The van der Waals surface area contributed by atoms with Crippen molar-refractivity contribution in [1.29, 1.82) is 0 Å². The number of nitrogens with zero attached hydrogens (tertiary/aromatic N) is 1. The summed E-state index contributed by atoms with van der Waals surface area (Å²) in [5.41, 5.74) is 7.05. The lowest BCUT2D eigenvalue weighted by molar-refractivity contribution is 0.239. The number of hydrogen-bond donors (Lipinski definition) is 1. The lowest BCUT2D eigenvalue weighted by Crippen LogP contribution is -2.32. The molecule has 118 valence electrons. The first-order valence-corrected chi connectivity index (χ1v) is 7.75. The molecule has 21 heavy (non-hydrogen) atoms. The molecule has 1 aliphatic heterocycles. The Labute approximate surface area is 132 Å². The first kappa shape index (κ1) is 16.4. The Balaban J connectivity index is 2.35. The van der Waals surface area contributed by atoms with E-state index in [2.05, 4.69) is 18.7 Å². The number of nitrogens with two attached hydrogens (primary N) is 1. The van der Waals surface area contributed by atoms with Gasteiger partial charge in [0.05, 0.1) is 19.2 Å². The average Bonchev–Trinajstić information content (AvgIpc) is 2.80. The van der Waals surface area contributed by atoms with E-state index in [1.54, 1.807) is 14.2 Å². The highest BCUT2D eigenvalue weighted by atomic mass is 35.5. The molecule has 1 heterocycles. The van der Waals surface area contributed by atoms with Gasteiger partial charge in [-0.3, -0.25) is 4.90 Å². The summed E-state index contributed by atoms with van der Waals surface area (Å²) < 4.78 is 10.7. The van der Waals surface area contributed by atoms with Crippen LogP contribution in [0.3, 0.4) is 0 Å². The summed E-state index contributed by atoms with van der Waals surface area (Å²) in [6.45, 7) is 7.21. The minimum absolute atomic E-state index is 0.115. The molecule has 0 spiro atoms. The van der Waals surface area contributed by atoms with E-state index in [-0.39, 0.29) is 6.04 Å². The van der Waals surface area contributed by atoms with E-state index in [9.17, 15) is 0 Å². The van der Waals surface area contributed by atoms with Crippen molar-refractivity contribution in [2.45, 2.75) is 19.9 Å². The van der Waals surface area contributed by atoms with Crippen LogP contribution in [0.15, 0.2) is 12.1 Å². The lowest BCUT2D eigenvalue weighted by Gasteiger charge is -2.28. The predicted molar refractivity (Wildman–Crippen MR) is 86.3 cm³/mol. The number of benzene rings is 1. The second-order valence-electron chi connectivity index (χ2n) is 5.86. The van der Waals surface area contributed by atoms with E-state index < -0.39 is 0 Å². The van der Waals surface area contributed by atoms with E-state index in [4.69, 9.17) is 26.8 Å². The molecule has 0 aliphatic carbocycles. The summed E-state index contributed by atoms with van der Waals surface area (Å²) in [6, 6.07) is 4.00. The van der Waals surface area contributed by atoms with Gasteiger partial charge >= 0.3 is 0 Å². The number of ether oxygens (including phenoxy) is 2. The summed E-state index contributed by atoms with van der Waals surface area (Å²) >= 11 is 6.53. The molecule has 3 unspecified atom stereocenters. The van der Waals surface area contributed by atoms with Crippen molar-refractivity contribution in [1.82, 2.24) is 4.90 Å². The summed E-state index contributed by atoms with van der Waals surface area (Å²) in [6.07, 6.45) is 0. The second kappa shape index (κ2) is 6.86. The Morgan fingerprint density at radius 2 is 1.86 bits per heavy atom. The molecule has 0 bridgehead atoms. The molecular formula is C16H25ClN2O2. The van der Waals surface area contributed by atoms with Crippen molar-refractivity contribution in [3.8, 4) is 11.5 Å². The van der Waals surface area contributed by atoms with Crippen LogP contribution in [0.5, 0.6) is 11.5 Å². The fourth-order valence-corrected chi connectivity index (χ4v) is 3.42. The van der Waals surface area contributed by atoms with Gasteiger partial charge in [0.25, 0.3) is 0 Å². The highest BCUT2D eigenvalue weighted by Crippen LogP contribution is 2.42. The number of halogens is 1. The van der Waals surface area contributed by atoms with E-state index in [1.165, 1.54) is 0 Å². The second-order valence-corrected chi connectivity index (χ2v) is 6.24. The molecule has 1 aliphatic rings. The Hall–Kier alpha value is -0.970. The molecule has 1 aromatic carbocycles. The standard InChI is InChI=1S/C16H25ClN2O2/c1-10-8-19(9-11(10)2)13(7-18)12-5-6-14(20-3)16(21-4)15(12)17/h5-6,10-11,13H,7-9,18H2,1-4H3. The highest BCUT2D eigenvalue weighted by molar-refractivity contribution is 6.33. The lowest BCUT2D eigenvalue weighted by atomic mass is 10.0. The molecule has 2 rings (SSSR count). The van der Waals surface area contributed by atoms with Crippen molar-refractivity contribution in [3.05, 3.63) is 22.7 Å². The molecule has 1 aromatic rings. The van der Waals surface area contributed by atoms with Gasteiger partial charge in [-0.1, -0.05) is 31.5 Å². The summed E-state index contributed by atoms with van der Waals surface area (Å²) in [5, 5.41) is 0.597. The highest BCUT2D eigenvalue weighted by Gasteiger charge is 2.32. The maximum absolute atomic E-state index is 6.53. The Morgan fingerprint density at radius 3 is 2.33 bits per heavy atom. The Kier molecular flexibility index (Phi) is 5.36. The summed E-state index contributed by atoms with van der Waals surface area (Å²) in [7, 11) is 3.21. The maximum Gasteiger partial charge on any atom is 0.179 e. The van der Waals surface area contributed by atoms with Gasteiger partial charge in [0.1, 0.15) is 0 Å². The monoisotopic (exact) mass is 312 g/mol. The molecule has 0 radical (unpaired) electrons. The van der Waals surface area contributed by atoms with E-state index in [0.29, 0.717) is 34.9 Å². The fraction of sp³-hybridized carbons (Fsp3) is 0.625. The third-order valence-corrected chi connectivity index (χ3v) is 4.94. The van der Waals surface area contributed by atoms with Crippen molar-refractivity contribution >= 4 is 11.6 Å². The molecule has 0 saturated carbocycles. The van der Waals surface area contributed by atoms with Crippen molar-refractivity contribution in [2.75, 3.05) is 33.9 Å². The molecule has 4 nitrogen and oxygen atoms in total. The Bertz CT molecular complexity index is 485. The minimum Gasteiger partial charge on any atom is -0.493 e. The third kappa shape index (κ3) is 3.12. The topological polar surface area (TPSA) is 47.7 Å². The zero-order valence-corrected chi connectivity index (χ0v) is 14.0. The fourth-order valence-electron chi connectivity index (χ4n) is 3.06. The molecule has 1 saturated heterocycles. The third-order valence-electron chi connectivity index (χ3n) is 4.55. The number of likely N-dealkylation sites (tertiary alicyclic amines) is 1. The van der Waals surface area contributed by atoms with Crippen LogP contribution in [0, 0.1) is 11.8 Å². The average molecular weight is 313 g/mol. The van der Waals surface area contributed by atoms with Gasteiger partial charge in [0.2, 0.25) is 0 Å². The van der Waals surface area contributed by atoms with Gasteiger partial charge in [0, 0.05) is 25.7 Å². The van der Waals surface area contributed by atoms with E-state index in [1.807, 2.05) is 12.1 Å². The normalized spacial score (nSPS) is 24.1. The molecule has 0 amide bonds. The molecule has 5 heteroatoms. The van der Waals surface area contributed by atoms with Crippen LogP contribution in [0.25, 0.3) is 0 Å². The Morgan fingerprint density at radius 1 is 1.24 bits per heavy atom. The molecule has 1 fully saturated rings. The van der Waals surface area contributed by atoms with Crippen LogP contribution in [0.4, 0.5) is 0 Å². The number of hydrogen-bond acceptors (Lipinski definition) is 4.